The van der Waals surface area contributed by atoms with Crippen LogP contribution in [0.3, 0.4) is 0 Å². The summed E-state index contributed by atoms with van der Waals surface area (Å²) < 4.78 is 1.83. The number of ketones is 1. The largest absolute Gasteiger partial charge is 0.370 e. The number of hydrogen-bond acceptors (Lipinski definition) is 2. The van der Waals surface area contributed by atoms with E-state index in [0.29, 0.717) is 17.1 Å². The van der Waals surface area contributed by atoms with Crippen LogP contribution in [0.25, 0.3) is 0 Å². The molecule has 130 valence electrons. The Hall–Kier alpha value is -2.33. The van der Waals surface area contributed by atoms with E-state index in [9.17, 15) is 4.79 Å². The minimum absolute atomic E-state index is 0.0294. The van der Waals surface area contributed by atoms with Crippen LogP contribution in [0.15, 0.2) is 67.5 Å². The van der Waals surface area contributed by atoms with Gasteiger partial charge >= 0.3 is 0 Å². The maximum atomic E-state index is 13.1. The van der Waals surface area contributed by atoms with Gasteiger partial charge in [0.2, 0.25) is 5.78 Å². The van der Waals surface area contributed by atoms with E-state index in [4.69, 9.17) is 12.2 Å². The van der Waals surface area contributed by atoms with Gasteiger partial charge < -0.3 is 5.32 Å². The van der Waals surface area contributed by atoms with Gasteiger partial charge in [0, 0.05) is 24.2 Å². The van der Waals surface area contributed by atoms with E-state index in [1.54, 1.807) is 6.08 Å². The Kier molecular flexibility index (Phi) is 6.21. The molecule has 0 aliphatic carbocycles. The maximum Gasteiger partial charge on any atom is 0.270 e. The van der Waals surface area contributed by atoms with Crippen LogP contribution < -0.4 is 9.88 Å². The minimum atomic E-state index is -0.573. The Morgan fingerprint density at radius 2 is 1.80 bits per heavy atom. The van der Waals surface area contributed by atoms with Gasteiger partial charge in [-0.05, 0) is 11.0 Å². The fourth-order valence-electron chi connectivity index (χ4n) is 2.54. The van der Waals surface area contributed by atoms with Crippen LogP contribution in [-0.2, 0) is 5.41 Å². The summed E-state index contributed by atoms with van der Waals surface area (Å²) in [5, 5.41) is 3.09. The van der Waals surface area contributed by atoms with Gasteiger partial charge in [-0.2, -0.15) is 4.57 Å². The number of Topliss-reactive ketones (excluding diaryl/α,β-unsaturated/α-hetero) is 1. The van der Waals surface area contributed by atoms with E-state index in [-0.39, 0.29) is 11.2 Å². The van der Waals surface area contributed by atoms with Crippen molar-refractivity contribution in [2.75, 3.05) is 6.54 Å². The third-order valence-electron chi connectivity index (χ3n) is 3.99. The zero-order valence-corrected chi connectivity index (χ0v) is 15.8. The normalized spacial score (nSPS) is 12.3. The molecule has 25 heavy (non-hydrogen) atoms. The van der Waals surface area contributed by atoms with Crippen molar-refractivity contribution in [2.24, 2.45) is 0 Å². The van der Waals surface area contributed by atoms with Crippen LogP contribution in [0, 0.1) is 0 Å². The number of carbonyl (C=O) groups is 1. The first-order chi connectivity index (χ1) is 11.8. The second kappa shape index (κ2) is 8.17. The van der Waals surface area contributed by atoms with Gasteiger partial charge in [-0.25, -0.2) is 0 Å². The van der Waals surface area contributed by atoms with Crippen LogP contribution in [0.4, 0.5) is 0 Å². The van der Waals surface area contributed by atoms with Crippen LogP contribution >= 0.6 is 12.2 Å². The van der Waals surface area contributed by atoms with Crippen molar-refractivity contribution < 1.29 is 9.36 Å². The summed E-state index contributed by atoms with van der Waals surface area (Å²) >= 11 is 5.48. The molecule has 1 aromatic carbocycles. The lowest BCUT2D eigenvalue weighted by Crippen LogP contribution is -2.51. The smallest absolute Gasteiger partial charge is 0.270 e. The third-order valence-corrected chi connectivity index (χ3v) is 4.36. The predicted molar refractivity (Wildman–Crippen MR) is 106 cm³/mol. The average molecular weight is 354 g/mol. The summed E-state index contributed by atoms with van der Waals surface area (Å²) in [5.41, 5.74) is 1.90. The molecular formula is C21H25N2OS+. The molecule has 1 aromatic heterocycles. The summed E-state index contributed by atoms with van der Waals surface area (Å²) in [7, 11) is 0. The summed E-state index contributed by atoms with van der Waals surface area (Å²) in [6.45, 7) is 10.7. The quantitative estimate of drug-likeness (QED) is 0.371. The van der Waals surface area contributed by atoms with Crippen molar-refractivity contribution >= 4 is 23.0 Å². The lowest BCUT2D eigenvalue weighted by Gasteiger charge is -2.19. The number of rotatable bonds is 6. The molecular weight excluding hydrogens is 328 g/mol. The molecule has 1 atom stereocenters. The van der Waals surface area contributed by atoms with Gasteiger partial charge in [0.1, 0.15) is 0 Å². The van der Waals surface area contributed by atoms with Crippen molar-refractivity contribution in [2.45, 2.75) is 32.2 Å². The van der Waals surface area contributed by atoms with Gasteiger partial charge in [0.05, 0.1) is 0 Å². The number of pyridine rings is 1. The Bertz CT molecular complexity index is 746. The number of benzene rings is 1. The molecule has 1 heterocycles. The van der Waals surface area contributed by atoms with E-state index in [2.05, 4.69) is 32.7 Å². The molecule has 3 nitrogen and oxygen atoms in total. The summed E-state index contributed by atoms with van der Waals surface area (Å²) in [5.74, 6) is -0.0294. The molecule has 2 aromatic rings. The zero-order chi connectivity index (χ0) is 18.4. The van der Waals surface area contributed by atoms with Crippen molar-refractivity contribution in [3.63, 3.8) is 0 Å². The standard InChI is InChI=1S/C21H24N2OS/c1-5-13-22-20(25)18(23-14-7-6-8-15-23)19(24)16-9-11-17(12-10-16)21(2,3)4/h5-12,14-15,18H,1,13H2,2-4H3/p+1/t18-/m0/s1. The summed E-state index contributed by atoms with van der Waals surface area (Å²) in [6, 6.07) is 12.9. The highest BCUT2D eigenvalue weighted by atomic mass is 32.1. The third kappa shape index (κ3) is 4.83. The van der Waals surface area contributed by atoms with E-state index in [1.807, 2.05) is 59.4 Å². The van der Waals surface area contributed by atoms with Crippen molar-refractivity contribution in [1.82, 2.24) is 5.32 Å². The molecule has 0 radical (unpaired) electrons. The number of hydrogen-bond donors (Lipinski definition) is 1. The van der Waals surface area contributed by atoms with Gasteiger partial charge in [-0.1, -0.05) is 69.4 Å². The summed E-state index contributed by atoms with van der Waals surface area (Å²) in [4.78, 5) is 13.6. The van der Waals surface area contributed by atoms with E-state index < -0.39 is 6.04 Å². The van der Waals surface area contributed by atoms with Crippen LogP contribution in [0.1, 0.15) is 42.7 Å². The number of thiocarbonyl (C=S) groups is 1. The average Bonchev–Trinajstić information content (AvgIpc) is 2.60. The molecule has 0 aliphatic heterocycles. The monoisotopic (exact) mass is 353 g/mol. The molecule has 0 unspecified atom stereocenters. The second-order valence-corrected chi connectivity index (χ2v) is 7.39. The highest BCUT2D eigenvalue weighted by Crippen LogP contribution is 2.23. The number of carbonyl (C=O) groups excluding carboxylic acids is 1. The number of nitrogens with one attached hydrogen (secondary N) is 1. The Morgan fingerprint density at radius 1 is 1.20 bits per heavy atom. The predicted octanol–water partition coefficient (Wildman–Crippen LogP) is 3.80. The number of aromatic nitrogens is 1. The Morgan fingerprint density at radius 3 is 2.32 bits per heavy atom. The lowest BCUT2D eigenvalue weighted by molar-refractivity contribution is -0.692. The van der Waals surface area contributed by atoms with Crippen LogP contribution in [-0.4, -0.2) is 17.3 Å². The van der Waals surface area contributed by atoms with Gasteiger partial charge in [-0.3, -0.25) is 4.79 Å². The second-order valence-electron chi connectivity index (χ2n) is 6.95. The summed E-state index contributed by atoms with van der Waals surface area (Å²) in [6.07, 6.45) is 5.43. The first kappa shape index (κ1) is 19.0. The highest BCUT2D eigenvalue weighted by molar-refractivity contribution is 7.80. The molecule has 0 fully saturated rings. The van der Waals surface area contributed by atoms with Gasteiger partial charge in [0.25, 0.3) is 6.04 Å². The highest BCUT2D eigenvalue weighted by Gasteiger charge is 2.32. The SMILES string of the molecule is C=CCNC(=S)[C@H](C(=O)c1ccc(C(C)(C)C)cc1)[n+]1ccccc1. The molecule has 1 N–H and O–H groups in total. The molecule has 0 saturated carbocycles. The lowest BCUT2D eigenvalue weighted by atomic mass is 9.86. The van der Waals surface area contributed by atoms with Crippen molar-refractivity contribution in [3.8, 4) is 0 Å². The Labute approximate surface area is 155 Å². The van der Waals surface area contributed by atoms with Crippen molar-refractivity contribution in [3.05, 3.63) is 78.6 Å². The fraction of sp³-hybridized carbons (Fsp3) is 0.286. The topological polar surface area (TPSA) is 33.0 Å². The van der Waals surface area contributed by atoms with E-state index in [1.165, 1.54) is 5.56 Å². The fourth-order valence-corrected chi connectivity index (χ4v) is 2.85. The maximum absolute atomic E-state index is 13.1. The van der Waals surface area contributed by atoms with E-state index in [0.717, 1.165) is 0 Å². The van der Waals surface area contributed by atoms with E-state index >= 15 is 0 Å². The molecule has 2 rings (SSSR count). The Balaban J connectivity index is 2.35. The molecule has 0 bridgehead atoms. The van der Waals surface area contributed by atoms with Gasteiger partial charge in [0.15, 0.2) is 17.4 Å². The van der Waals surface area contributed by atoms with Crippen LogP contribution in [0.2, 0.25) is 0 Å². The first-order valence-electron chi connectivity index (χ1n) is 8.33. The molecule has 0 spiro atoms. The van der Waals surface area contributed by atoms with Gasteiger partial charge in [-0.15, -0.1) is 6.58 Å². The van der Waals surface area contributed by atoms with Crippen molar-refractivity contribution in [1.29, 1.82) is 0 Å². The molecule has 4 heteroatoms. The minimum Gasteiger partial charge on any atom is -0.370 e. The molecule has 0 saturated heterocycles. The molecule has 0 aliphatic rings. The molecule has 0 amide bonds. The number of nitrogens with zero attached hydrogens (tertiary/aromatic N) is 1. The zero-order valence-electron chi connectivity index (χ0n) is 15.0. The first-order valence-corrected chi connectivity index (χ1v) is 8.74. The van der Waals surface area contributed by atoms with Crippen LogP contribution in [0.5, 0.6) is 0 Å².